The zero-order valence-corrected chi connectivity index (χ0v) is 11.1. The monoisotopic (exact) mass is 262 g/mol. The van der Waals surface area contributed by atoms with Crippen LogP contribution in [-0.4, -0.2) is 31.9 Å². The first kappa shape index (κ1) is 13.3. The molecule has 0 fully saturated rings. The van der Waals surface area contributed by atoms with E-state index in [9.17, 15) is 9.90 Å². The molecular formula is C13H18N4O2. The number of nitrogens with one attached hydrogen (secondary N) is 1. The molecule has 0 saturated heterocycles. The summed E-state index contributed by atoms with van der Waals surface area (Å²) in [5.41, 5.74) is 1.51. The smallest absolute Gasteiger partial charge is 0.326 e. The van der Waals surface area contributed by atoms with Gasteiger partial charge in [0.05, 0.1) is 11.6 Å². The highest BCUT2D eigenvalue weighted by Crippen LogP contribution is 2.22. The number of hydrogen-bond donors (Lipinski definition) is 2. The molecule has 0 bridgehead atoms. The van der Waals surface area contributed by atoms with E-state index in [-0.39, 0.29) is 0 Å². The van der Waals surface area contributed by atoms with Gasteiger partial charge in [-0.2, -0.15) is 5.10 Å². The molecule has 0 radical (unpaired) electrons. The van der Waals surface area contributed by atoms with Gasteiger partial charge in [0.2, 0.25) is 0 Å². The van der Waals surface area contributed by atoms with E-state index in [1.807, 2.05) is 14.0 Å². The van der Waals surface area contributed by atoms with Crippen molar-refractivity contribution in [3.8, 4) is 0 Å². The molecule has 102 valence electrons. The van der Waals surface area contributed by atoms with Crippen LogP contribution in [0.1, 0.15) is 26.2 Å². The predicted molar refractivity (Wildman–Crippen MR) is 73.1 cm³/mol. The van der Waals surface area contributed by atoms with Crippen molar-refractivity contribution in [3.63, 3.8) is 0 Å². The maximum absolute atomic E-state index is 11.3. The first-order valence-electron chi connectivity index (χ1n) is 6.39. The van der Waals surface area contributed by atoms with Gasteiger partial charge < -0.3 is 10.4 Å². The summed E-state index contributed by atoms with van der Waals surface area (Å²) in [7, 11) is 1.81. The fourth-order valence-corrected chi connectivity index (χ4v) is 2.03. The Labute approximate surface area is 111 Å². The van der Waals surface area contributed by atoms with Crippen LogP contribution in [0.5, 0.6) is 0 Å². The lowest BCUT2D eigenvalue weighted by Gasteiger charge is -2.15. The van der Waals surface area contributed by atoms with Crippen LogP contribution in [0.2, 0.25) is 0 Å². The van der Waals surface area contributed by atoms with Gasteiger partial charge in [-0.15, -0.1) is 0 Å². The van der Waals surface area contributed by atoms with E-state index in [1.54, 1.807) is 23.1 Å². The number of hydrogen-bond acceptors (Lipinski definition) is 4. The fraction of sp³-hybridized carbons (Fsp3) is 0.462. The number of aromatic nitrogens is 3. The van der Waals surface area contributed by atoms with Gasteiger partial charge in [-0.1, -0.05) is 19.8 Å². The van der Waals surface area contributed by atoms with Crippen molar-refractivity contribution in [1.29, 1.82) is 0 Å². The quantitative estimate of drug-likeness (QED) is 0.832. The molecule has 0 aliphatic carbocycles. The molecule has 2 aromatic rings. The number of aliphatic carboxylic acids is 1. The highest BCUT2D eigenvalue weighted by Gasteiger charge is 2.18. The first-order valence-corrected chi connectivity index (χ1v) is 6.39. The minimum atomic E-state index is -0.831. The normalized spacial score (nSPS) is 12.5. The summed E-state index contributed by atoms with van der Waals surface area (Å²) in [4.78, 5) is 15.5. The average Bonchev–Trinajstić information content (AvgIpc) is 2.77. The number of carbonyl (C=O) groups is 1. The van der Waals surface area contributed by atoms with E-state index >= 15 is 0 Å². The van der Waals surface area contributed by atoms with Gasteiger partial charge in [-0.05, 0) is 12.5 Å². The lowest BCUT2D eigenvalue weighted by molar-refractivity contribution is -0.138. The van der Waals surface area contributed by atoms with Crippen LogP contribution in [-0.2, 0) is 11.8 Å². The van der Waals surface area contributed by atoms with Crippen LogP contribution >= 0.6 is 0 Å². The number of nitrogens with zero attached hydrogens (tertiary/aromatic N) is 3. The number of pyridine rings is 1. The molecule has 6 nitrogen and oxygen atoms in total. The summed E-state index contributed by atoms with van der Waals surface area (Å²) in [6.45, 7) is 2.05. The Morgan fingerprint density at radius 3 is 3.05 bits per heavy atom. The van der Waals surface area contributed by atoms with Gasteiger partial charge in [0.1, 0.15) is 6.04 Å². The molecule has 0 spiro atoms. The second kappa shape index (κ2) is 5.69. The largest absolute Gasteiger partial charge is 0.480 e. The summed E-state index contributed by atoms with van der Waals surface area (Å²) in [5.74, 6) is -0.831. The van der Waals surface area contributed by atoms with Crippen LogP contribution in [0.25, 0.3) is 11.0 Å². The highest BCUT2D eigenvalue weighted by atomic mass is 16.4. The van der Waals surface area contributed by atoms with Crippen LogP contribution < -0.4 is 5.32 Å². The minimum Gasteiger partial charge on any atom is -0.480 e. The number of unbranched alkanes of at least 4 members (excludes halogenated alkanes) is 1. The lowest BCUT2D eigenvalue weighted by atomic mass is 10.1. The van der Waals surface area contributed by atoms with Crippen LogP contribution in [0.15, 0.2) is 18.5 Å². The standard InChI is InChI=1S/C13H18N4O2/c1-3-4-5-11(13(18)19)16-10-6-7-14-12-9(10)8-15-17(12)2/h6-8,11H,3-5H2,1-2H3,(H,14,16)(H,18,19)/t11-/m0/s1. The van der Waals surface area contributed by atoms with Gasteiger partial charge in [0.25, 0.3) is 0 Å². The van der Waals surface area contributed by atoms with Crippen molar-refractivity contribution in [2.75, 3.05) is 5.32 Å². The van der Waals surface area contributed by atoms with Crippen molar-refractivity contribution in [3.05, 3.63) is 18.5 Å². The summed E-state index contributed by atoms with van der Waals surface area (Å²) in [6, 6.07) is 1.21. The average molecular weight is 262 g/mol. The van der Waals surface area contributed by atoms with Crippen molar-refractivity contribution in [2.45, 2.75) is 32.2 Å². The van der Waals surface area contributed by atoms with E-state index < -0.39 is 12.0 Å². The third-order valence-electron chi connectivity index (χ3n) is 3.11. The second-order valence-electron chi connectivity index (χ2n) is 4.54. The molecule has 2 heterocycles. The molecular weight excluding hydrogens is 244 g/mol. The predicted octanol–water partition coefficient (Wildman–Crippen LogP) is 2.02. The molecule has 2 N–H and O–H groups in total. The van der Waals surface area contributed by atoms with E-state index in [2.05, 4.69) is 15.4 Å². The molecule has 0 unspecified atom stereocenters. The molecule has 1 atom stereocenters. The molecule has 2 rings (SSSR count). The van der Waals surface area contributed by atoms with Crippen molar-refractivity contribution >= 4 is 22.7 Å². The summed E-state index contributed by atoms with van der Waals surface area (Å²) >= 11 is 0. The number of aryl methyl sites for hydroxylation is 1. The summed E-state index contributed by atoms with van der Waals surface area (Å²) in [5, 5.41) is 17.3. The van der Waals surface area contributed by atoms with E-state index in [0.29, 0.717) is 6.42 Å². The molecule has 19 heavy (non-hydrogen) atoms. The Morgan fingerprint density at radius 1 is 1.58 bits per heavy atom. The molecule has 0 aromatic carbocycles. The molecule has 0 amide bonds. The van der Waals surface area contributed by atoms with Crippen LogP contribution in [0.4, 0.5) is 5.69 Å². The van der Waals surface area contributed by atoms with Crippen LogP contribution in [0, 0.1) is 0 Å². The maximum Gasteiger partial charge on any atom is 0.326 e. The third-order valence-corrected chi connectivity index (χ3v) is 3.11. The van der Waals surface area contributed by atoms with E-state index in [4.69, 9.17) is 0 Å². The molecule has 0 saturated carbocycles. The van der Waals surface area contributed by atoms with Gasteiger partial charge in [0.15, 0.2) is 5.65 Å². The Balaban J connectivity index is 2.26. The van der Waals surface area contributed by atoms with Gasteiger partial charge in [-0.25, -0.2) is 9.78 Å². The Morgan fingerprint density at radius 2 is 2.37 bits per heavy atom. The first-order chi connectivity index (χ1) is 9.13. The SMILES string of the molecule is CCCC[C@H](Nc1ccnc2c1cnn2C)C(=O)O. The Hall–Kier alpha value is -2.11. The Bertz CT molecular complexity index is 579. The van der Waals surface area contributed by atoms with E-state index in [1.165, 1.54) is 0 Å². The van der Waals surface area contributed by atoms with Gasteiger partial charge in [0, 0.05) is 18.9 Å². The lowest BCUT2D eigenvalue weighted by Crippen LogP contribution is -2.29. The number of fused-ring (bicyclic) bond motifs is 1. The van der Waals surface area contributed by atoms with Crippen molar-refractivity contribution in [2.24, 2.45) is 7.05 Å². The second-order valence-corrected chi connectivity index (χ2v) is 4.54. The maximum atomic E-state index is 11.3. The van der Waals surface area contributed by atoms with Gasteiger partial charge in [-0.3, -0.25) is 4.68 Å². The Kier molecular flexibility index (Phi) is 3.99. The van der Waals surface area contributed by atoms with Gasteiger partial charge >= 0.3 is 5.97 Å². The number of carboxylic acid groups (broad SMARTS) is 1. The highest BCUT2D eigenvalue weighted by molar-refractivity contribution is 5.90. The summed E-state index contributed by atoms with van der Waals surface area (Å²) < 4.78 is 1.67. The molecule has 0 aliphatic rings. The van der Waals surface area contributed by atoms with Crippen molar-refractivity contribution in [1.82, 2.24) is 14.8 Å². The number of carboxylic acids is 1. The molecule has 0 aliphatic heterocycles. The van der Waals surface area contributed by atoms with E-state index in [0.717, 1.165) is 29.6 Å². The zero-order chi connectivity index (χ0) is 13.8. The minimum absolute atomic E-state index is 0.578. The topological polar surface area (TPSA) is 80.0 Å². The zero-order valence-electron chi connectivity index (χ0n) is 11.1. The number of anilines is 1. The third kappa shape index (κ3) is 2.83. The summed E-state index contributed by atoms with van der Waals surface area (Å²) in [6.07, 6.45) is 5.82. The molecule has 2 aromatic heterocycles. The molecule has 6 heteroatoms. The fourth-order valence-electron chi connectivity index (χ4n) is 2.03. The number of rotatable bonds is 6. The van der Waals surface area contributed by atoms with Crippen molar-refractivity contribution < 1.29 is 9.90 Å². The van der Waals surface area contributed by atoms with Crippen LogP contribution in [0.3, 0.4) is 0 Å².